The topological polar surface area (TPSA) is 89.3 Å². The molecule has 51 heavy (non-hydrogen) atoms. The van der Waals surface area contributed by atoms with Crippen LogP contribution in [0.4, 0.5) is 5.69 Å². The van der Waals surface area contributed by atoms with E-state index in [4.69, 9.17) is 4.74 Å². The van der Waals surface area contributed by atoms with E-state index < -0.39 is 5.41 Å². The highest BCUT2D eigenvalue weighted by Crippen LogP contribution is 2.75. The van der Waals surface area contributed by atoms with Gasteiger partial charge in [-0.2, -0.15) is 0 Å². The lowest BCUT2D eigenvalue weighted by Crippen LogP contribution is -2.65. The number of rotatable bonds is 8. The van der Waals surface area contributed by atoms with Crippen molar-refractivity contribution in [1.29, 1.82) is 0 Å². The van der Waals surface area contributed by atoms with Gasteiger partial charge in [-0.1, -0.05) is 71.4 Å². The Kier molecular flexibility index (Phi) is 9.36. The lowest BCUT2D eigenvalue weighted by Gasteiger charge is -2.71. The summed E-state index contributed by atoms with van der Waals surface area (Å²) in [6.45, 7) is 23.2. The van der Waals surface area contributed by atoms with Crippen molar-refractivity contribution in [3.8, 4) is 0 Å². The molecular weight excluding hydrogens is 633 g/mol. The van der Waals surface area contributed by atoms with E-state index in [2.05, 4.69) is 102 Å². The van der Waals surface area contributed by atoms with E-state index >= 15 is 0 Å². The van der Waals surface area contributed by atoms with Gasteiger partial charge in [-0.3, -0.25) is 9.48 Å². The van der Waals surface area contributed by atoms with Crippen LogP contribution in [0.2, 0.25) is 0 Å². The zero-order valence-corrected chi connectivity index (χ0v) is 33.1. The standard InChI is InChI=1S/C44H66N4O3/c1-28-11-12-32(25-30(28)3)45-26-33-27-48(47-46-33)23-10-24-51-39(50)44-20-15-29(2)31(4)38(44)34-13-14-36-41(7)18-17-37(49)40(5,6)35(41)16-19-43(36,9)42(34,8)21-22-44/h11-13,25,27,29,31,35-38,45,49H,10,14-24,26H2,1-9H3/t29-,31+,35?,36-,37+,38+,41+,42-,43-,44+/m1/s1. The van der Waals surface area contributed by atoms with Gasteiger partial charge in [0.25, 0.3) is 0 Å². The number of benzene rings is 1. The van der Waals surface area contributed by atoms with Crippen molar-refractivity contribution in [2.75, 3.05) is 11.9 Å². The summed E-state index contributed by atoms with van der Waals surface area (Å²) >= 11 is 0. The molecular formula is C44H66N4O3. The first-order valence-electron chi connectivity index (χ1n) is 20.3. The van der Waals surface area contributed by atoms with Gasteiger partial charge in [0.1, 0.15) is 5.69 Å². The Balaban J connectivity index is 1.04. The Morgan fingerprint density at radius 1 is 0.980 bits per heavy atom. The minimum Gasteiger partial charge on any atom is -0.465 e. The van der Waals surface area contributed by atoms with E-state index in [0.717, 1.165) is 62.7 Å². The molecule has 5 aliphatic carbocycles. The van der Waals surface area contributed by atoms with E-state index in [1.807, 2.05) is 10.9 Å². The number of fused-ring (bicyclic) bond motifs is 7. The van der Waals surface area contributed by atoms with Crippen molar-refractivity contribution >= 4 is 11.7 Å². The molecule has 10 atom stereocenters. The molecule has 280 valence electrons. The number of aliphatic hydroxyl groups is 1. The number of nitrogens with zero attached hydrogens (tertiary/aromatic N) is 3. The summed E-state index contributed by atoms with van der Waals surface area (Å²) in [4.78, 5) is 14.5. The van der Waals surface area contributed by atoms with Gasteiger partial charge in [-0.05, 0) is 146 Å². The summed E-state index contributed by atoms with van der Waals surface area (Å²) in [5, 5.41) is 23.3. The number of carbonyl (C=O) groups excluding carboxylic acids is 1. The summed E-state index contributed by atoms with van der Waals surface area (Å²) < 4.78 is 8.15. The number of anilines is 1. The molecule has 5 aliphatic rings. The van der Waals surface area contributed by atoms with Gasteiger partial charge in [0.05, 0.1) is 30.9 Å². The molecule has 0 aliphatic heterocycles. The van der Waals surface area contributed by atoms with Crippen LogP contribution in [0.15, 0.2) is 36.0 Å². The van der Waals surface area contributed by atoms with Crippen molar-refractivity contribution in [2.24, 2.45) is 56.7 Å². The molecule has 0 bridgehead atoms. The van der Waals surface area contributed by atoms with Crippen LogP contribution in [0.25, 0.3) is 0 Å². The quantitative estimate of drug-likeness (QED) is 0.162. The maximum absolute atomic E-state index is 14.5. The fourth-order valence-corrected chi connectivity index (χ4v) is 12.9. The predicted octanol–water partition coefficient (Wildman–Crippen LogP) is 9.46. The molecule has 7 rings (SSSR count). The highest BCUT2D eigenvalue weighted by atomic mass is 16.5. The van der Waals surface area contributed by atoms with Gasteiger partial charge in [-0.25, -0.2) is 0 Å². The Morgan fingerprint density at radius 2 is 1.76 bits per heavy atom. The van der Waals surface area contributed by atoms with Crippen LogP contribution in [-0.4, -0.2) is 38.8 Å². The number of nitrogens with one attached hydrogen (secondary N) is 1. The van der Waals surface area contributed by atoms with Crippen LogP contribution in [0, 0.1) is 70.5 Å². The van der Waals surface area contributed by atoms with Gasteiger partial charge >= 0.3 is 5.97 Å². The third kappa shape index (κ3) is 5.73. The average Bonchev–Trinajstić information content (AvgIpc) is 3.55. The summed E-state index contributed by atoms with van der Waals surface area (Å²) in [5.74, 6) is 2.45. The lowest BCUT2D eigenvalue weighted by atomic mass is 9.33. The number of aromatic nitrogens is 3. The number of aryl methyl sites for hydroxylation is 3. The number of hydrogen-bond acceptors (Lipinski definition) is 6. The number of carbonyl (C=O) groups is 1. The molecule has 2 aromatic rings. The summed E-state index contributed by atoms with van der Waals surface area (Å²) in [6, 6.07) is 6.40. The first kappa shape index (κ1) is 36.7. The van der Waals surface area contributed by atoms with Crippen molar-refractivity contribution in [1.82, 2.24) is 15.0 Å². The molecule has 7 nitrogen and oxygen atoms in total. The molecule has 0 saturated heterocycles. The van der Waals surface area contributed by atoms with E-state index in [1.165, 1.54) is 24.0 Å². The summed E-state index contributed by atoms with van der Waals surface area (Å²) in [6.07, 6.45) is 14.7. The smallest absolute Gasteiger partial charge is 0.312 e. The second kappa shape index (κ2) is 13.0. The third-order valence-electron chi connectivity index (χ3n) is 16.7. The molecule has 1 aromatic heterocycles. The monoisotopic (exact) mass is 699 g/mol. The van der Waals surface area contributed by atoms with Crippen LogP contribution < -0.4 is 5.32 Å². The van der Waals surface area contributed by atoms with Crippen molar-refractivity contribution in [2.45, 2.75) is 146 Å². The normalized spacial score (nSPS) is 39.8. The van der Waals surface area contributed by atoms with Crippen molar-refractivity contribution < 1.29 is 14.6 Å². The van der Waals surface area contributed by atoms with Crippen LogP contribution in [-0.2, 0) is 22.6 Å². The minimum absolute atomic E-state index is 0.0389. The van der Waals surface area contributed by atoms with E-state index in [9.17, 15) is 9.90 Å². The number of hydrogen-bond donors (Lipinski definition) is 2. The second-order valence-corrected chi connectivity index (χ2v) is 19.3. The fourth-order valence-electron chi connectivity index (χ4n) is 12.9. The zero-order valence-electron chi connectivity index (χ0n) is 33.1. The largest absolute Gasteiger partial charge is 0.465 e. The predicted molar refractivity (Wildman–Crippen MR) is 204 cm³/mol. The maximum atomic E-state index is 14.5. The molecule has 1 unspecified atom stereocenters. The molecule has 7 heteroatoms. The molecule has 4 fully saturated rings. The summed E-state index contributed by atoms with van der Waals surface area (Å²) in [5.41, 5.74) is 6.12. The minimum atomic E-state index is -0.432. The highest BCUT2D eigenvalue weighted by Gasteiger charge is 2.69. The first-order valence-corrected chi connectivity index (χ1v) is 20.3. The first-order chi connectivity index (χ1) is 24.1. The van der Waals surface area contributed by atoms with E-state index in [1.54, 1.807) is 5.57 Å². The van der Waals surface area contributed by atoms with Crippen LogP contribution >= 0.6 is 0 Å². The lowest BCUT2D eigenvalue weighted by molar-refractivity contribution is -0.207. The molecule has 2 N–H and O–H groups in total. The van der Waals surface area contributed by atoms with Gasteiger partial charge in [-0.15, -0.1) is 5.10 Å². The van der Waals surface area contributed by atoms with Gasteiger partial charge in [0.15, 0.2) is 0 Å². The zero-order chi connectivity index (χ0) is 36.6. The number of ether oxygens (including phenoxy) is 1. The summed E-state index contributed by atoms with van der Waals surface area (Å²) in [7, 11) is 0. The molecule has 0 radical (unpaired) electrons. The Labute approximate surface area is 307 Å². The Morgan fingerprint density at radius 3 is 2.53 bits per heavy atom. The molecule has 4 saturated carbocycles. The van der Waals surface area contributed by atoms with Gasteiger partial charge in [0, 0.05) is 18.7 Å². The maximum Gasteiger partial charge on any atom is 0.312 e. The Bertz CT molecular complexity index is 1660. The van der Waals surface area contributed by atoms with Crippen molar-refractivity contribution in [3.05, 3.63) is 52.9 Å². The molecule has 0 amide bonds. The van der Waals surface area contributed by atoms with Gasteiger partial charge in [0.2, 0.25) is 0 Å². The van der Waals surface area contributed by atoms with E-state index in [0.29, 0.717) is 43.4 Å². The van der Waals surface area contributed by atoms with Crippen LogP contribution in [0.3, 0.4) is 0 Å². The average molecular weight is 699 g/mol. The van der Waals surface area contributed by atoms with E-state index in [-0.39, 0.29) is 39.7 Å². The molecule has 1 aromatic carbocycles. The molecule has 1 heterocycles. The fraction of sp³-hybridized carbons (Fsp3) is 0.750. The SMILES string of the molecule is Cc1ccc(NCc2cn(CCCOC(=O)[C@]34CC[C@@H](C)[C@H](C)[C@H]3C3=CC[C@@H]5[C@@]6(C)CC[C@H](O)C(C)(C)C6CC[C@@]5(C)[C@]3(C)CC4)nn2)cc1C. The van der Waals surface area contributed by atoms with Crippen LogP contribution in [0.5, 0.6) is 0 Å². The van der Waals surface area contributed by atoms with Gasteiger partial charge < -0.3 is 15.2 Å². The van der Waals surface area contributed by atoms with Crippen molar-refractivity contribution in [3.63, 3.8) is 0 Å². The number of allylic oxidation sites excluding steroid dienone is 2. The van der Waals surface area contributed by atoms with Crippen LogP contribution in [0.1, 0.15) is 129 Å². The number of esters is 1. The third-order valence-corrected chi connectivity index (χ3v) is 16.7. The highest BCUT2D eigenvalue weighted by molar-refractivity contribution is 5.79. The Hall–Kier alpha value is -2.67. The number of aliphatic hydroxyl groups excluding tert-OH is 1. The second-order valence-electron chi connectivity index (χ2n) is 19.3. The molecule has 0 spiro atoms.